The van der Waals surface area contributed by atoms with E-state index in [1.54, 1.807) is 10.6 Å². The molecule has 0 N–H and O–H groups in total. The average Bonchev–Trinajstić information content (AvgIpc) is 3.55. The summed E-state index contributed by atoms with van der Waals surface area (Å²) in [6.45, 7) is 2.93. The number of unbranched alkanes of at least 4 members (excludes halogenated alkanes) is 2. The Balaban J connectivity index is 1.43. The molecule has 0 unspecified atom stereocenters. The van der Waals surface area contributed by atoms with Crippen LogP contribution >= 0.6 is 0 Å². The van der Waals surface area contributed by atoms with E-state index in [-0.39, 0.29) is 5.56 Å². The van der Waals surface area contributed by atoms with Gasteiger partial charge in [0.25, 0.3) is 5.56 Å². The van der Waals surface area contributed by atoms with E-state index in [1.807, 2.05) is 34.9 Å². The molecule has 0 fully saturated rings. The fraction of sp³-hybridized carbons (Fsp3) is 0.364. The second-order valence-electron chi connectivity index (χ2n) is 7.60. The van der Waals surface area contributed by atoms with Crippen molar-refractivity contribution in [1.29, 1.82) is 0 Å². The quantitative estimate of drug-likeness (QED) is 0.408. The molecule has 1 aliphatic rings. The van der Waals surface area contributed by atoms with E-state index in [4.69, 9.17) is 4.42 Å². The van der Waals surface area contributed by atoms with Crippen LogP contribution in [-0.4, -0.2) is 35.6 Å². The number of aromatic nitrogens is 6. The molecule has 9 heteroatoms. The largest absolute Gasteiger partial charge is 0.421 e. The first-order chi connectivity index (χ1) is 15.3. The van der Waals surface area contributed by atoms with Crippen molar-refractivity contribution >= 4 is 17.8 Å². The maximum absolute atomic E-state index is 13.1. The number of rotatable bonds is 8. The number of aryl methyl sites for hydroxylation is 3. The highest BCUT2D eigenvalue weighted by atomic mass is 16.4. The molecule has 158 valence electrons. The molecule has 1 aromatic carbocycles. The Bertz CT molecular complexity index is 1300. The molecule has 0 atom stereocenters. The Labute approximate surface area is 178 Å². The van der Waals surface area contributed by atoms with Crippen LogP contribution in [0.2, 0.25) is 0 Å². The van der Waals surface area contributed by atoms with E-state index >= 15 is 0 Å². The van der Waals surface area contributed by atoms with Gasteiger partial charge in [0.1, 0.15) is 11.6 Å². The molecule has 3 aromatic heterocycles. The van der Waals surface area contributed by atoms with Gasteiger partial charge in [-0.15, -0.1) is 20.4 Å². The lowest BCUT2D eigenvalue weighted by atomic mass is 10.2. The summed E-state index contributed by atoms with van der Waals surface area (Å²) in [5.41, 5.74) is 1.48. The van der Waals surface area contributed by atoms with Gasteiger partial charge in [-0.25, -0.2) is 9.39 Å². The summed E-state index contributed by atoms with van der Waals surface area (Å²) in [5.74, 6) is 2.85. The first-order valence-corrected chi connectivity index (χ1v) is 10.7. The number of nitrogens with zero attached hydrogens (tertiary/aromatic N) is 7. The van der Waals surface area contributed by atoms with Crippen molar-refractivity contribution in [2.24, 2.45) is 4.99 Å². The van der Waals surface area contributed by atoms with Gasteiger partial charge in [-0.1, -0.05) is 38.0 Å². The van der Waals surface area contributed by atoms with Crippen LogP contribution in [0.5, 0.6) is 0 Å². The van der Waals surface area contributed by atoms with Gasteiger partial charge < -0.3 is 4.42 Å². The van der Waals surface area contributed by atoms with Crippen molar-refractivity contribution in [3.8, 4) is 11.5 Å². The summed E-state index contributed by atoms with van der Waals surface area (Å²) < 4.78 is 9.43. The van der Waals surface area contributed by atoms with Crippen LogP contribution in [0.1, 0.15) is 43.5 Å². The van der Waals surface area contributed by atoms with Crippen molar-refractivity contribution < 1.29 is 4.42 Å². The predicted octanol–water partition coefficient (Wildman–Crippen LogP) is 3.17. The van der Waals surface area contributed by atoms with E-state index in [0.717, 1.165) is 37.2 Å². The van der Waals surface area contributed by atoms with Crippen molar-refractivity contribution in [3.63, 3.8) is 0 Å². The number of hydrogen-bond acceptors (Lipinski definition) is 7. The summed E-state index contributed by atoms with van der Waals surface area (Å²) in [4.78, 5) is 17.6. The number of fused-ring (bicyclic) bond motifs is 2. The lowest BCUT2D eigenvalue weighted by Gasteiger charge is -2.12. The maximum atomic E-state index is 13.1. The molecule has 4 aromatic rings. The van der Waals surface area contributed by atoms with Crippen LogP contribution in [-0.2, 0) is 25.8 Å². The molecule has 0 saturated heterocycles. The van der Waals surface area contributed by atoms with E-state index in [2.05, 4.69) is 32.3 Å². The van der Waals surface area contributed by atoms with Crippen LogP contribution in [0.3, 0.4) is 0 Å². The van der Waals surface area contributed by atoms with Gasteiger partial charge in [-0.3, -0.25) is 9.36 Å². The van der Waals surface area contributed by atoms with E-state index in [1.165, 1.54) is 0 Å². The lowest BCUT2D eigenvalue weighted by molar-refractivity contribution is 0.501. The molecule has 0 spiro atoms. The minimum absolute atomic E-state index is 0.0928. The molecular weight excluding hydrogens is 394 g/mol. The van der Waals surface area contributed by atoms with Gasteiger partial charge in [-0.05, 0) is 18.6 Å². The van der Waals surface area contributed by atoms with Crippen LogP contribution in [0.4, 0.5) is 5.82 Å². The molecule has 0 bridgehead atoms. The number of hydrogen-bond donors (Lipinski definition) is 0. The van der Waals surface area contributed by atoms with Crippen LogP contribution in [0.25, 0.3) is 17.2 Å². The minimum atomic E-state index is -0.0928. The van der Waals surface area contributed by atoms with Crippen molar-refractivity contribution in [2.45, 2.75) is 52.0 Å². The van der Waals surface area contributed by atoms with Gasteiger partial charge in [-0.2, -0.15) is 0 Å². The van der Waals surface area contributed by atoms with E-state index < -0.39 is 0 Å². The summed E-state index contributed by atoms with van der Waals surface area (Å²) in [7, 11) is 0. The van der Waals surface area contributed by atoms with Crippen LogP contribution in [0.15, 0.2) is 44.5 Å². The van der Waals surface area contributed by atoms with Crippen molar-refractivity contribution in [2.75, 3.05) is 0 Å². The van der Waals surface area contributed by atoms with Crippen molar-refractivity contribution in [3.05, 3.63) is 58.0 Å². The Kier molecular flexibility index (Phi) is 5.15. The standard InChI is InChI=1S/C22H23N7O2/c1-2-3-7-14-28-19-16(12-13-23-19)21(30)29-17(24-27-22(28)29)10-11-18-25-26-20(31-18)15-8-5-4-6-9-15/h4-6,8-9,13H,2-3,7,10-12,14H2,1H3. The van der Waals surface area contributed by atoms with Gasteiger partial charge in [0, 0.05) is 37.6 Å². The van der Waals surface area contributed by atoms with Gasteiger partial charge in [0.05, 0.1) is 5.56 Å². The SMILES string of the molecule is CCCCCn1c2c(c(=O)n3c(CCc4nnc(-c5ccccc5)o4)nnc13)CC=N2. The van der Waals surface area contributed by atoms with E-state index in [0.29, 0.717) is 48.2 Å². The lowest BCUT2D eigenvalue weighted by Crippen LogP contribution is -2.23. The molecule has 0 radical (unpaired) electrons. The highest BCUT2D eigenvalue weighted by Crippen LogP contribution is 2.24. The van der Waals surface area contributed by atoms with E-state index in [9.17, 15) is 4.79 Å². The first kappa shape index (κ1) is 19.3. The Morgan fingerprint density at radius 3 is 2.74 bits per heavy atom. The molecule has 5 rings (SSSR count). The molecule has 0 aliphatic carbocycles. The zero-order valence-electron chi connectivity index (χ0n) is 17.4. The van der Waals surface area contributed by atoms with Crippen LogP contribution in [0, 0.1) is 0 Å². The third-order valence-electron chi connectivity index (χ3n) is 5.49. The average molecular weight is 417 g/mol. The number of benzene rings is 1. The molecule has 1 aliphatic heterocycles. The fourth-order valence-corrected chi connectivity index (χ4v) is 3.89. The minimum Gasteiger partial charge on any atom is -0.421 e. The van der Waals surface area contributed by atoms with Gasteiger partial charge in [0.2, 0.25) is 17.6 Å². The van der Waals surface area contributed by atoms with Crippen molar-refractivity contribution in [1.82, 2.24) is 29.4 Å². The molecule has 9 nitrogen and oxygen atoms in total. The topological polar surface area (TPSA) is 103 Å². The Morgan fingerprint density at radius 2 is 1.90 bits per heavy atom. The third-order valence-corrected chi connectivity index (χ3v) is 5.49. The maximum Gasteiger partial charge on any atom is 0.266 e. The second kappa shape index (κ2) is 8.25. The third kappa shape index (κ3) is 3.56. The highest BCUT2D eigenvalue weighted by Gasteiger charge is 2.23. The zero-order chi connectivity index (χ0) is 21.2. The highest BCUT2D eigenvalue weighted by molar-refractivity contribution is 5.74. The molecule has 0 amide bonds. The summed E-state index contributed by atoms with van der Waals surface area (Å²) in [5, 5.41) is 16.9. The normalized spacial score (nSPS) is 12.7. The second-order valence-corrected chi connectivity index (χ2v) is 7.60. The summed E-state index contributed by atoms with van der Waals surface area (Å²) in [6.07, 6.45) is 6.51. The predicted molar refractivity (Wildman–Crippen MR) is 116 cm³/mol. The number of aliphatic imine (C=N–C) groups is 1. The molecular formula is C22H23N7O2. The summed E-state index contributed by atoms with van der Waals surface area (Å²) in [6, 6.07) is 9.64. The monoisotopic (exact) mass is 417 g/mol. The Morgan fingerprint density at radius 1 is 1.03 bits per heavy atom. The molecule has 0 saturated carbocycles. The molecule has 4 heterocycles. The molecule has 31 heavy (non-hydrogen) atoms. The summed E-state index contributed by atoms with van der Waals surface area (Å²) >= 11 is 0. The van der Waals surface area contributed by atoms with Gasteiger partial charge >= 0.3 is 0 Å². The van der Waals surface area contributed by atoms with Crippen LogP contribution < -0.4 is 5.56 Å². The smallest absolute Gasteiger partial charge is 0.266 e. The fourth-order valence-electron chi connectivity index (χ4n) is 3.89. The first-order valence-electron chi connectivity index (χ1n) is 10.7. The Hall–Kier alpha value is -3.62. The van der Waals surface area contributed by atoms with Gasteiger partial charge in [0.15, 0.2) is 0 Å². The zero-order valence-corrected chi connectivity index (χ0v) is 17.4.